The zero-order chi connectivity index (χ0) is 21.7. The molecule has 1 atom stereocenters. The summed E-state index contributed by atoms with van der Waals surface area (Å²) in [6.07, 6.45) is -1.26. The number of hydrogen-bond donors (Lipinski definition) is 2. The summed E-state index contributed by atoms with van der Waals surface area (Å²) in [5.74, 6) is 0.172. The summed E-state index contributed by atoms with van der Waals surface area (Å²) in [7, 11) is -3.73. The smallest absolute Gasteiger partial charge is 0.433 e. The van der Waals surface area contributed by atoms with Gasteiger partial charge in [0, 0.05) is 24.2 Å². The molecule has 30 heavy (non-hydrogen) atoms. The number of carbonyl (C=O) groups is 1. The number of aromatic nitrogens is 3. The molecule has 3 heterocycles. The molecule has 2 amide bonds. The number of nitrogens with two attached hydrogens (primary N) is 1. The molecule has 0 radical (unpaired) electrons. The maximum Gasteiger partial charge on any atom is 0.433 e. The van der Waals surface area contributed by atoms with E-state index in [-0.39, 0.29) is 27.7 Å². The maximum atomic E-state index is 13.4. The third-order valence-electron chi connectivity index (χ3n) is 5.01. The van der Waals surface area contributed by atoms with E-state index in [0.29, 0.717) is 44.4 Å². The molecule has 9 nitrogen and oxygen atoms in total. The van der Waals surface area contributed by atoms with E-state index in [2.05, 4.69) is 19.8 Å². The van der Waals surface area contributed by atoms with Crippen molar-refractivity contribution in [1.82, 2.24) is 14.8 Å². The van der Waals surface area contributed by atoms with E-state index in [0.717, 1.165) is 0 Å². The number of nitrogens with one attached hydrogen (secondary N) is 1. The molecule has 0 unspecified atom stereocenters. The van der Waals surface area contributed by atoms with Crippen LogP contribution >= 0.6 is 0 Å². The van der Waals surface area contributed by atoms with Crippen LogP contribution in [0.2, 0.25) is 0 Å². The van der Waals surface area contributed by atoms with Crippen molar-refractivity contribution in [3.63, 3.8) is 0 Å². The van der Waals surface area contributed by atoms with Crippen LogP contribution in [0.1, 0.15) is 35.4 Å². The minimum absolute atomic E-state index is 0.0120. The summed E-state index contributed by atoms with van der Waals surface area (Å²) < 4.78 is 63.4. The number of anilines is 1. The first-order valence-electron chi connectivity index (χ1n) is 9.22. The van der Waals surface area contributed by atoms with Gasteiger partial charge in [-0.1, -0.05) is 0 Å². The lowest BCUT2D eigenvalue weighted by Crippen LogP contribution is -2.22. The number of fused-ring (bicyclic) bond motifs is 2. The number of halogens is 3. The molecule has 4 rings (SSSR count). The number of amides is 2. The molecule has 3 N–H and O–H groups in total. The lowest BCUT2D eigenvalue weighted by atomic mass is 10.1. The third kappa shape index (κ3) is 3.62. The second kappa shape index (κ2) is 7.23. The molecular formula is C17H19F3N6O3S. The van der Waals surface area contributed by atoms with Gasteiger partial charge >= 0.3 is 12.2 Å². The predicted octanol–water partition coefficient (Wildman–Crippen LogP) is 2.81. The number of nitrogens with zero attached hydrogens (tertiary/aromatic N) is 4. The first-order chi connectivity index (χ1) is 14.1. The van der Waals surface area contributed by atoms with Gasteiger partial charge in [-0.2, -0.15) is 18.3 Å². The number of ether oxygens (including phenoxy) is 1. The number of alkyl halides is 3. The molecule has 2 aromatic rings. The Morgan fingerprint density at radius 3 is 2.87 bits per heavy atom. The minimum Gasteiger partial charge on any atom is -0.477 e. The Morgan fingerprint density at radius 1 is 1.37 bits per heavy atom. The van der Waals surface area contributed by atoms with Crippen LogP contribution in [0, 0.1) is 6.92 Å². The number of carbonyl (C=O) groups excluding carboxylic acids is 1. The second-order valence-corrected chi connectivity index (χ2v) is 8.83. The van der Waals surface area contributed by atoms with Crippen LogP contribution in [0.25, 0.3) is 0 Å². The van der Waals surface area contributed by atoms with Crippen LogP contribution in [0.5, 0.6) is 5.88 Å². The van der Waals surface area contributed by atoms with Gasteiger partial charge in [-0.25, -0.2) is 23.8 Å². The van der Waals surface area contributed by atoms with Crippen LogP contribution < -0.4 is 15.2 Å². The maximum absolute atomic E-state index is 13.4. The molecule has 1 aliphatic heterocycles. The Morgan fingerprint density at radius 2 is 2.13 bits per heavy atom. The number of rotatable bonds is 2. The van der Waals surface area contributed by atoms with Crippen molar-refractivity contribution in [2.24, 2.45) is 9.50 Å². The summed E-state index contributed by atoms with van der Waals surface area (Å²) in [5.41, 5.74) is -0.482. The molecule has 0 saturated carbocycles. The van der Waals surface area contributed by atoms with Crippen molar-refractivity contribution >= 4 is 21.6 Å². The van der Waals surface area contributed by atoms with Gasteiger partial charge in [0.25, 0.3) is 0 Å². The van der Waals surface area contributed by atoms with Gasteiger partial charge in [-0.15, -0.1) is 4.36 Å². The highest BCUT2D eigenvalue weighted by atomic mass is 32.2. The SMILES string of the molecule is Cc1c(C(F)(F)F)nc2c(c1NC(=O)N=[S@@](N)(=O)c1cnn3c1OCCC3)CCC2. The third-order valence-corrected chi connectivity index (χ3v) is 6.36. The van der Waals surface area contributed by atoms with Gasteiger partial charge in [0.2, 0.25) is 5.88 Å². The fraction of sp³-hybridized carbons (Fsp3) is 0.471. The van der Waals surface area contributed by atoms with Crippen molar-refractivity contribution < 1.29 is 26.9 Å². The Kier molecular flexibility index (Phi) is 4.97. The highest BCUT2D eigenvalue weighted by Crippen LogP contribution is 2.39. The summed E-state index contributed by atoms with van der Waals surface area (Å²) >= 11 is 0. The van der Waals surface area contributed by atoms with Crippen LogP contribution in [0.4, 0.5) is 23.7 Å². The van der Waals surface area contributed by atoms with Crippen molar-refractivity contribution in [2.75, 3.05) is 11.9 Å². The standard InChI is InChI=1S/C17H19F3N6O3S/c1-9-13(10-4-2-5-11(10)23-14(9)17(18,19)20)24-16(27)25-30(21,28)12-8-22-26-6-3-7-29-15(12)26/h8H,2-7H2,1H3,(H3,21,23,24,25,27,28)/t30-/m1/s1. The molecule has 0 bridgehead atoms. The molecular weight excluding hydrogens is 425 g/mol. The first-order valence-corrected chi connectivity index (χ1v) is 10.8. The molecule has 0 spiro atoms. The zero-order valence-electron chi connectivity index (χ0n) is 16.0. The van der Waals surface area contributed by atoms with E-state index >= 15 is 0 Å². The molecule has 2 aromatic heterocycles. The molecule has 1 aliphatic carbocycles. The van der Waals surface area contributed by atoms with Crippen LogP contribution in [-0.2, 0) is 35.5 Å². The Labute approximate surface area is 170 Å². The van der Waals surface area contributed by atoms with Crippen molar-refractivity contribution in [3.05, 3.63) is 28.7 Å². The van der Waals surface area contributed by atoms with Gasteiger partial charge in [0.1, 0.15) is 10.6 Å². The summed E-state index contributed by atoms with van der Waals surface area (Å²) in [6, 6.07) is -1.12. The van der Waals surface area contributed by atoms with E-state index in [1.165, 1.54) is 17.8 Å². The van der Waals surface area contributed by atoms with Gasteiger partial charge in [0.05, 0.1) is 18.5 Å². The summed E-state index contributed by atoms with van der Waals surface area (Å²) in [5, 5.41) is 12.2. The van der Waals surface area contributed by atoms with Gasteiger partial charge in [-0.3, -0.25) is 0 Å². The fourth-order valence-electron chi connectivity index (χ4n) is 3.68. The van der Waals surface area contributed by atoms with E-state index in [1.54, 1.807) is 0 Å². The lowest BCUT2D eigenvalue weighted by Gasteiger charge is -2.18. The topological polar surface area (TPSA) is 124 Å². The van der Waals surface area contributed by atoms with Gasteiger partial charge in [-0.05, 0) is 31.7 Å². The van der Waals surface area contributed by atoms with Crippen LogP contribution in [-0.4, -0.2) is 31.6 Å². The van der Waals surface area contributed by atoms with E-state index < -0.39 is 27.8 Å². The highest BCUT2D eigenvalue weighted by molar-refractivity contribution is 7.91. The van der Waals surface area contributed by atoms with Crippen LogP contribution in [0.3, 0.4) is 0 Å². The molecule has 2 aliphatic rings. The van der Waals surface area contributed by atoms with E-state index in [9.17, 15) is 22.2 Å². The molecule has 162 valence electrons. The first kappa shape index (κ1) is 20.6. The van der Waals surface area contributed by atoms with E-state index in [4.69, 9.17) is 9.88 Å². The average molecular weight is 444 g/mol. The number of hydrogen-bond acceptors (Lipinski definition) is 5. The minimum atomic E-state index is -4.67. The molecule has 13 heteroatoms. The normalized spacial score (nSPS) is 17.5. The predicted molar refractivity (Wildman–Crippen MR) is 100 cm³/mol. The number of pyridine rings is 1. The molecule has 0 fully saturated rings. The van der Waals surface area contributed by atoms with E-state index in [1.807, 2.05) is 0 Å². The Balaban J connectivity index is 1.70. The Hall–Kier alpha value is -2.67. The largest absolute Gasteiger partial charge is 0.477 e. The van der Waals surface area contributed by atoms with Crippen LogP contribution in [0.15, 0.2) is 15.5 Å². The highest BCUT2D eigenvalue weighted by Gasteiger charge is 2.38. The Bertz CT molecular complexity index is 1150. The number of urea groups is 1. The molecule has 0 saturated heterocycles. The lowest BCUT2D eigenvalue weighted by molar-refractivity contribution is -0.141. The van der Waals surface area contributed by atoms with Crippen molar-refractivity contribution in [2.45, 2.75) is 50.2 Å². The molecule has 0 aromatic carbocycles. The number of aryl methyl sites for hydroxylation is 2. The summed E-state index contributed by atoms with van der Waals surface area (Å²) in [4.78, 5) is 16.2. The average Bonchev–Trinajstić information content (AvgIpc) is 3.29. The van der Waals surface area contributed by atoms with Gasteiger partial charge in [0.15, 0.2) is 9.92 Å². The van der Waals surface area contributed by atoms with Crippen molar-refractivity contribution in [3.8, 4) is 5.88 Å². The van der Waals surface area contributed by atoms with Gasteiger partial charge < -0.3 is 10.1 Å². The zero-order valence-corrected chi connectivity index (χ0v) is 16.8. The fourth-order valence-corrected chi connectivity index (χ4v) is 4.68. The summed E-state index contributed by atoms with van der Waals surface area (Å²) in [6.45, 7) is 2.15. The van der Waals surface area contributed by atoms with Crippen molar-refractivity contribution in [1.29, 1.82) is 0 Å². The quantitative estimate of drug-likeness (QED) is 0.737. The monoisotopic (exact) mass is 444 g/mol. The second-order valence-electron chi connectivity index (χ2n) is 7.07.